The predicted octanol–water partition coefficient (Wildman–Crippen LogP) is 4.28. The van der Waals surface area contributed by atoms with Crippen molar-refractivity contribution in [3.63, 3.8) is 0 Å². The number of halogens is 2. The molecule has 0 bridgehead atoms. The molecule has 0 radical (unpaired) electrons. The van der Waals surface area contributed by atoms with Gasteiger partial charge in [0, 0.05) is 23.1 Å². The third-order valence-corrected chi connectivity index (χ3v) is 3.31. The number of rotatable bonds is 5. The molecule has 0 fully saturated rings. The highest BCUT2D eigenvalue weighted by molar-refractivity contribution is 9.11. The number of hydrogen-bond donors (Lipinski definition) is 1. The van der Waals surface area contributed by atoms with Crippen LogP contribution in [-0.4, -0.2) is 13.7 Å². The molecule has 2 nitrogen and oxygen atoms in total. The first-order valence-electron chi connectivity index (χ1n) is 5.40. The summed E-state index contributed by atoms with van der Waals surface area (Å²) in [6.45, 7) is 5.84. The Labute approximate surface area is 120 Å². The summed E-state index contributed by atoms with van der Waals surface area (Å²) in [6, 6.07) is 4.05. The van der Waals surface area contributed by atoms with E-state index in [1.54, 1.807) is 7.11 Å². The van der Waals surface area contributed by atoms with E-state index in [-0.39, 0.29) is 0 Å². The Hall–Kier alpha value is -0.320. The highest BCUT2D eigenvalue weighted by Gasteiger charge is 2.08. The van der Waals surface area contributed by atoms with Crippen LogP contribution < -0.4 is 10.1 Å². The third kappa shape index (κ3) is 4.82. The second-order valence-corrected chi connectivity index (χ2v) is 5.76. The van der Waals surface area contributed by atoms with Gasteiger partial charge in [0.2, 0.25) is 0 Å². The Balaban J connectivity index is 2.73. The Morgan fingerprint density at radius 1 is 1.35 bits per heavy atom. The lowest BCUT2D eigenvalue weighted by Gasteiger charge is -2.11. The molecule has 0 aliphatic carbocycles. The first kappa shape index (κ1) is 14.7. The normalized spacial score (nSPS) is 10.2. The summed E-state index contributed by atoms with van der Waals surface area (Å²) in [5.74, 6) is 0.887. The molecule has 94 valence electrons. The summed E-state index contributed by atoms with van der Waals surface area (Å²) in [5, 5.41) is 3.36. The van der Waals surface area contributed by atoms with Crippen LogP contribution in [0.15, 0.2) is 32.7 Å². The molecule has 1 aromatic rings. The fourth-order valence-corrected chi connectivity index (χ4v) is 2.93. The average molecular weight is 363 g/mol. The zero-order chi connectivity index (χ0) is 12.8. The van der Waals surface area contributed by atoms with Gasteiger partial charge in [-0.2, -0.15) is 0 Å². The fraction of sp³-hybridized carbons (Fsp3) is 0.385. The van der Waals surface area contributed by atoms with Gasteiger partial charge in [-0.15, -0.1) is 0 Å². The summed E-state index contributed by atoms with van der Waals surface area (Å²) in [6.07, 6.45) is 2.17. The van der Waals surface area contributed by atoms with E-state index in [0.717, 1.165) is 33.3 Å². The molecule has 0 atom stereocenters. The van der Waals surface area contributed by atoms with Gasteiger partial charge in [0.05, 0.1) is 11.6 Å². The molecule has 0 saturated heterocycles. The van der Waals surface area contributed by atoms with Gasteiger partial charge in [-0.05, 0) is 41.9 Å². The molecule has 0 saturated carbocycles. The molecule has 4 heteroatoms. The van der Waals surface area contributed by atoms with Gasteiger partial charge in [-0.25, -0.2) is 0 Å². The monoisotopic (exact) mass is 361 g/mol. The SMILES string of the molecule is COc1c(Br)cc(Br)cc1CNCC=C(C)C. The van der Waals surface area contributed by atoms with E-state index in [2.05, 4.69) is 63.2 Å². The van der Waals surface area contributed by atoms with Gasteiger partial charge in [-0.1, -0.05) is 27.6 Å². The lowest BCUT2D eigenvalue weighted by atomic mass is 10.2. The molecular weight excluding hydrogens is 346 g/mol. The third-order valence-electron chi connectivity index (χ3n) is 2.26. The number of nitrogens with one attached hydrogen (secondary N) is 1. The lowest BCUT2D eigenvalue weighted by molar-refractivity contribution is 0.405. The van der Waals surface area contributed by atoms with Crippen LogP contribution in [0.1, 0.15) is 19.4 Å². The van der Waals surface area contributed by atoms with Crippen molar-refractivity contribution in [2.24, 2.45) is 0 Å². The van der Waals surface area contributed by atoms with E-state index in [4.69, 9.17) is 4.74 Å². The second kappa shape index (κ2) is 7.19. The van der Waals surface area contributed by atoms with Gasteiger partial charge in [0.15, 0.2) is 0 Å². The molecule has 0 aromatic heterocycles. The van der Waals surface area contributed by atoms with Crippen molar-refractivity contribution < 1.29 is 4.74 Å². The minimum absolute atomic E-state index is 0.783. The maximum atomic E-state index is 5.39. The summed E-state index contributed by atoms with van der Waals surface area (Å²) in [5.41, 5.74) is 2.45. The molecule has 17 heavy (non-hydrogen) atoms. The highest BCUT2D eigenvalue weighted by atomic mass is 79.9. The zero-order valence-electron chi connectivity index (χ0n) is 10.3. The van der Waals surface area contributed by atoms with Crippen molar-refractivity contribution in [1.29, 1.82) is 0 Å². The Bertz CT molecular complexity index is 412. The van der Waals surface area contributed by atoms with Crippen LogP contribution in [0.5, 0.6) is 5.75 Å². The van der Waals surface area contributed by atoms with Gasteiger partial charge in [0.1, 0.15) is 5.75 Å². The second-order valence-electron chi connectivity index (χ2n) is 3.99. The van der Waals surface area contributed by atoms with E-state index in [0.29, 0.717) is 0 Å². The molecule has 0 amide bonds. The van der Waals surface area contributed by atoms with E-state index in [9.17, 15) is 0 Å². The Morgan fingerprint density at radius 3 is 2.65 bits per heavy atom. The maximum absolute atomic E-state index is 5.39. The van der Waals surface area contributed by atoms with Crippen LogP contribution >= 0.6 is 31.9 Å². The van der Waals surface area contributed by atoms with Crippen LogP contribution in [0.2, 0.25) is 0 Å². The predicted molar refractivity (Wildman–Crippen MR) is 79.5 cm³/mol. The summed E-state index contributed by atoms with van der Waals surface area (Å²) >= 11 is 6.98. The van der Waals surface area contributed by atoms with Gasteiger partial charge >= 0.3 is 0 Å². The number of ether oxygens (including phenoxy) is 1. The minimum atomic E-state index is 0.783. The van der Waals surface area contributed by atoms with Gasteiger partial charge < -0.3 is 10.1 Å². The highest BCUT2D eigenvalue weighted by Crippen LogP contribution is 2.32. The molecule has 1 N–H and O–H groups in total. The Morgan fingerprint density at radius 2 is 2.06 bits per heavy atom. The first-order valence-corrected chi connectivity index (χ1v) is 6.99. The molecule has 0 aliphatic heterocycles. The van der Waals surface area contributed by atoms with Crippen molar-refractivity contribution in [2.45, 2.75) is 20.4 Å². The summed E-state index contributed by atoms with van der Waals surface area (Å²) < 4.78 is 7.40. The number of methoxy groups -OCH3 is 1. The minimum Gasteiger partial charge on any atom is -0.495 e. The van der Waals surface area contributed by atoms with Crippen LogP contribution in [0.25, 0.3) is 0 Å². The van der Waals surface area contributed by atoms with Crippen LogP contribution in [0.3, 0.4) is 0 Å². The van der Waals surface area contributed by atoms with Crippen molar-refractivity contribution in [2.75, 3.05) is 13.7 Å². The fourth-order valence-electron chi connectivity index (χ4n) is 1.46. The van der Waals surface area contributed by atoms with E-state index >= 15 is 0 Å². The smallest absolute Gasteiger partial charge is 0.137 e. The molecule has 0 unspecified atom stereocenters. The van der Waals surface area contributed by atoms with Crippen LogP contribution in [-0.2, 0) is 6.54 Å². The lowest BCUT2D eigenvalue weighted by Crippen LogP contribution is -2.14. The molecule has 1 rings (SSSR count). The molecule has 0 heterocycles. The summed E-state index contributed by atoms with van der Waals surface area (Å²) in [4.78, 5) is 0. The maximum Gasteiger partial charge on any atom is 0.137 e. The Kier molecular flexibility index (Phi) is 6.23. The quantitative estimate of drug-likeness (QED) is 0.623. The number of allylic oxidation sites excluding steroid dienone is 1. The van der Waals surface area contributed by atoms with Crippen molar-refractivity contribution in [1.82, 2.24) is 5.32 Å². The first-order chi connectivity index (χ1) is 8.04. The molecule has 1 aromatic carbocycles. The van der Waals surface area contributed by atoms with Crippen molar-refractivity contribution in [3.05, 3.63) is 38.3 Å². The zero-order valence-corrected chi connectivity index (χ0v) is 13.5. The molecule has 0 spiro atoms. The average Bonchev–Trinajstić information content (AvgIpc) is 2.23. The van der Waals surface area contributed by atoms with Crippen LogP contribution in [0.4, 0.5) is 0 Å². The van der Waals surface area contributed by atoms with Crippen molar-refractivity contribution in [3.8, 4) is 5.75 Å². The molecular formula is C13H17Br2NO. The summed E-state index contributed by atoms with van der Waals surface area (Å²) in [7, 11) is 1.69. The van der Waals surface area contributed by atoms with Crippen molar-refractivity contribution >= 4 is 31.9 Å². The molecule has 0 aliphatic rings. The van der Waals surface area contributed by atoms with Gasteiger partial charge in [-0.3, -0.25) is 0 Å². The van der Waals surface area contributed by atoms with Gasteiger partial charge in [0.25, 0.3) is 0 Å². The standard InChI is InChI=1S/C13H17Br2NO/c1-9(2)4-5-16-8-10-6-11(14)7-12(15)13(10)17-3/h4,6-7,16H,5,8H2,1-3H3. The van der Waals surface area contributed by atoms with Crippen LogP contribution in [0, 0.1) is 0 Å². The largest absolute Gasteiger partial charge is 0.495 e. The van der Waals surface area contributed by atoms with E-state index in [1.807, 2.05) is 6.07 Å². The topological polar surface area (TPSA) is 21.3 Å². The van der Waals surface area contributed by atoms with E-state index in [1.165, 1.54) is 5.57 Å². The number of benzene rings is 1. The van der Waals surface area contributed by atoms with E-state index < -0.39 is 0 Å². The number of hydrogen-bond acceptors (Lipinski definition) is 2.